The van der Waals surface area contributed by atoms with Crippen LogP contribution in [0.1, 0.15) is 18.4 Å². The Morgan fingerprint density at radius 1 is 1.00 bits per heavy atom. The smallest absolute Gasteiger partial charge is 0.330 e. The molecule has 1 aromatic carbocycles. The Bertz CT molecular complexity index is 1320. The summed E-state index contributed by atoms with van der Waals surface area (Å²) in [7, 11) is 4.77. The lowest BCUT2D eigenvalue weighted by Crippen LogP contribution is -2.30. The number of hydrogen-bond acceptors (Lipinski definition) is 6. The van der Waals surface area contributed by atoms with Gasteiger partial charge in [0.1, 0.15) is 5.56 Å². The van der Waals surface area contributed by atoms with Gasteiger partial charge in [0.2, 0.25) is 5.88 Å². The monoisotopic (exact) mass is 398 g/mol. The number of aryl methyl sites for hydroxylation is 2. The lowest BCUT2D eigenvalue weighted by atomic mass is 10.2. The van der Waals surface area contributed by atoms with Crippen LogP contribution >= 0.6 is 0 Å². The number of rotatable bonds is 3. The molecule has 1 fully saturated rings. The maximum Gasteiger partial charge on any atom is 0.330 e. The molecule has 0 spiro atoms. The van der Waals surface area contributed by atoms with Gasteiger partial charge in [-0.2, -0.15) is 0 Å². The number of H-pyrrole nitrogens is 1. The fraction of sp³-hybridized carbons (Fsp3) is 0.368. The van der Waals surface area contributed by atoms with Crippen molar-refractivity contribution in [2.45, 2.75) is 12.8 Å². The second kappa shape index (κ2) is 6.80. The molecule has 0 amide bonds. The Morgan fingerprint density at radius 3 is 2.28 bits per heavy atom. The largest absolute Gasteiger partial charge is 0.494 e. The van der Waals surface area contributed by atoms with Gasteiger partial charge in [-0.25, -0.2) is 9.59 Å². The molecule has 0 bridgehead atoms. The quantitative estimate of drug-likeness (QED) is 0.616. The molecule has 0 radical (unpaired) electrons. The zero-order chi connectivity index (χ0) is 20.9. The number of nitrogens with zero attached hydrogens (tertiary/aromatic N) is 5. The van der Waals surface area contributed by atoms with E-state index >= 15 is 0 Å². The second-order valence-electron chi connectivity index (χ2n) is 7.24. The minimum Gasteiger partial charge on any atom is -0.494 e. The summed E-state index contributed by atoms with van der Waals surface area (Å²) in [4.78, 5) is 44.8. The number of aromatic amines is 1. The molecule has 3 aromatic rings. The molecule has 0 saturated carbocycles. The highest BCUT2D eigenvalue weighted by molar-refractivity contribution is 5.91. The molecule has 1 saturated heterocycles. The van der Waals surface area contributed by atoms with Crippen LogP contribution in [0.4, 0.5) is 11.4 Å². The van der Waals surface area contributed by atoms with Crippen molar-refractivity contribution in [1.82, 2.24) is 18.7 Å². The predicted octanol–water partition coefficient (Wildman–Crippen LogP) is 0.320. The minimum absolute atomic E-state index is 0.110. The normalized spacial score (nSPS) is 14.5. The first kappa shape index (κ1) is 18.8. The van der Waals surface area contributed by atoms with E-state index in [4.69, 9.17) is 0 Å². The van der Waals surface area contributed by atoms with Crippen molar-refractivity contribution in [2.24, 2.45) is 26.1 Å². The van der Waals surface area contributed by atoms with Crippen molar-refractivity contribution in [2.75, 3.05) is 18.0 Å². The van der Waals surface area contributed by atoms with E-state index in [1.807, 2.05) is 6.07 Å². The molecular formula is C19H22N6O4. The molecule has 152 valence electrons. The first-order valence-corrected chi connectivity index (χ1v) is 9.30. The van der Waals surface area contributed by atoms with Crippen molar-refractivity contribution in [1.29, 1.82) is 0 Å². The van der Waals surface area contributed by atoms with Gasteiger partial charge in [0.05, 0.1) is 22.4 Å². The number of aromatic nitrogens is 4. The highest BCUT2D eigenvalue weighted by atomic mass is 16.3. The lowest BCUT2D eigenvalue weighted by molar-refractivity contribution is 0.417. The molecule has 0 aliphatic carbocycles. The molecular weight excluding hydrogens is 376 g/mol. The van der Waals surface area contributed by atoms with Gasteiger partial charge < -0.3 is 10.0 Å². The lowest BCUT2D eigenvalue weighted by Gasteiger charge is -2.20. The molecule has 10 heteroatoms. The number of imidazole rings is 1. The van der Waals surface area contributed by atoms with E-state index in [1.165, 1.54) is 13.3 Å². The number of nitrogens with one attached hydrogen (secondary N) is 1. The molecule has 10 nitrogen and oxygen atoms in total. The molecule has 1 aliphatic heterocycles. The average Bonchev–Trinajstić information content (AvgIpc) is 3.30. The molecule has 2 aromatic heterocycles. The third-order valence-electron chi connectivity index (χ3n) is 5.48. The molecule has 0 atom stereocenters. The Labute approximate surface area is 165 Å². The second-order valence-corrected chi connectivity index (χ2v) is 7.24. The zero-order valence-corrected chi connectivity index (χ0v) is 16.5. The highest BCUT2D eigenvalue weighted by Crippen LogP contribution is 2.35. The van der Waals surface area contributed by atoms with Gasteiger partial charge in [-0.1, -0.05) is 0 Å². The fourth-order valence-corrected chi connectivity index (χ4v) is 3.72. The van der Waals surface area contributed by atoms with Crippen molar-refractivity contribution in [3.8, 4) is 5.88 Å². The molecule has 29 heavy (non-hydrogen) atoms. The van der Waals surface area contributed by atoms with Gasteiger partial charge in [-0.3, -0.25) is 28.5 Å². The van der Waals surface area contributed by atoms with Gasteiger partial charge >= 0.3 is 11.4 Å². The van der Waals surface area contributed by atoms with Gasteiger partial charge in [0.25, 0.3) is 5.56 Å². The van der Waals surface area contributed by atoms with Crippen LogP contribution in [0.3, 0.4) is 0 Å². The van der Waals surface area contributed by atoms with Crippen molar-refractivity contribution in [3.63, 3.8) is 0 Å². The fourth-order valence-electron chi connectivity index (χ4n) is 3.72. The van der Waals surface area contributed by atoms with Crippen molar-refractivity contribution < 1.29 is 5.11 Å². The van der Waals surface area contributed by atoms with E-state index in [2.05, 4.69) is 14.9 Å². The van der Waals surface area contributed by atoms with Crippen LogP contribution in [0.2, 0.25) is 0 Å². The number of hydrogen-bond donors (Lipinski definition) is 2. The van der Waals surface area contributed by atoms with Gasteiger partial charge in [-0.05, 0) is 25.0 Å². The third kappa shape index (κ3) is 2.96. The van der Waals surface area contributed by atoms with Crippen LogP contribution in [-0.2, 0) is 21.1 Å². The summed E-state index contributed by atoms with van der Waals surface area (Å²) in [6.07, 6.45) is 3.38. The summed E-state index contributed by atoms with van der Waals surface area (Å²) in [5, 5.41) is 10.2. The Balaban J connectivity index is 1.92. The van der Waals surface area contributed by atoms with Crippen LogP contribution in [-0.4, -0.2) is 43.1 Å². The summed E-state index contributed by atoms with van der Waals surface area (Å²) < 4.78 is 4.07. The summed E-state index contributed by atoms with van der Waals surface area (Å²) in [6.45, 7) is 1.75. The van der Waals surface area contributed by atoms with Crippen molar-refractivity contribution >= 4 is 28.6 Å². The first-order valence-electron chi connectivity index (χ1n) is 9.30. The molecule has 3 heterocycles. The van der Waals surface area contributed by atoms with Crippen LogP contribution in [0.25, 0.3) is 11.0 Å². The number of aromatic hydroxyl groups is 1. The average molecular weight is 398 g/mol. The summed E-state index contributed by atoms with van der Waals surface area (Å²) in [5.74, 6) is -0.460. The van der Waals surface area contributed by atoms with Crippen LogP contribution in [0.15, 0.2) is 31.5 Å². The minimum atomic E-state index is -0.717. The standard InChI is InChI=1S/C19H22N6O4/c1-22-14-8-12(20-10-11-16(26)21-18(28)24(3)17(11)27)13(25-6-4-5-7-25)9-15(14)23(2)19(22)29/h8-10,27H,4-7H2,1-3H3,(H,21,26,28). The van der Waals surface area contributed by atoms with E-state index < -0.39 is 17.1 Å². The molecule has 1 aliphatic rings. The maximum atomic E-state index is 12.3. The number of aliphatic imine (C=N–C) groups is 1. The summed E-state index contributed by atoms with van der Waals surface area (Å²) in [6, 6.07) is 3.73. The van der Waals surface area contributed by atoms with E-state index in [-0.39, 0.29) is 11.3 Å². The van der Waals surface area contributed by atoms with Gasteiger partial charge in [-0.15, -0.1) is 0 Å². The zero-order valence-electron chi connectivity index (χ0n) is 16.5. The van der Waals surface area contributed by atoms with Crippen molar-refractivity contribution in [3.05, 3.63) is 49.0 Å². The number of benzene rings is 1. The SMILES string of the molecule is Cn1c(O)c(C=Nc2cc3c(cc2N2CCCC2)n(C)c(=O)n3C)c(=O)[nH]c1=O. The first-order chi connectivity index (χ1) is 13.8. The number of fused-ring (bicyclic) bond motifs is 1. The Hall–Kier alpha value is -3.56. The topological polar surface area (TPSA) is 118 Å². The molecule has 2 N–H and O–H groups in total. The van der Waals surface area contributed by atoms with Crippen LogP contribution in [0, 0.1) is 0 Å². The Kier molecular flexibility index (Phi) is 4.40. The van der Waals surface area contributed by atoms with Crippen LogP contribution in [0.5, 0.6) is 5.88 Å². The summed E-state index contributed by atoms with van der Waals surface area (Å²) in [5.41, 5.74) is 1.27. The van der Waals surface area contributed by atoms with Gasteiger partial charge in [0, 0.05) is 40.4 Å². The third-order valence-corrected chi connectivity index (χ3v) is 5.48. The predicted molar refractivity (Wildman–Crippen MR) is 111 cm³/mol. The maximum absolute atomic E-state index is 12.3. The molecule has 4 rings (SSSR count). The highest BCUT2D eigenvalue weighted by Gasteiger charge is 2.19. The van der Waals surface area contributed by atoms with E-state index in [0.717, 1.165) is 41.7 Å². The Morgan fingerprint density at radius 2 is 1.62 bits per heavy atom. The number of anilines is 1. The summed E-state index contributed by atoms with van der Waals surface area (Å²) >= 11 is 0. The van der Waals surface area contributed by atoms with E-state index in [0.29, 0.717) is 11.2 Å². The van der Waals surface area contributed by atoms with E-state index in [1.54, 1.807) is 29.3 Å². The molecule has 0 unspecified atom stereocenters. The van der Waals surface area contributed by atoms with Crippen LogP contribution < -0.4 is 21.8 Å². The van der Waals surface area contributed by atoms with Gasteiger partial charge in [0.15, 0.2) is 0 Å². The van der Waals surface area contributed by atoms with E-state index in [9.17, 15) is 19.5 Å².